The van der Waals surface area contributed by atoms with Gasteiger partial charge in [0.2, 0.25) is 0 Å². The molecule has 4 aliphatic rings. The Bertz CT molecular complexity index is 9910. The van der Waals surface area contributed by atoms with Crippen LogP contribution in [0.1, 0.15) is 0 Å². The molecule has 0 fully saturated rings. The van der Waals surface area contributed by atoms with Gasteiger partial charge in [-0.3, -0.25) is 0 Å². The highest BCUT2D eigenvalue weighted by Gasteiger charge is 2.34. The van der Waals surface area contributed by atoms with Crippen molar-refractivity contribution >= 4 is 173 Å². The SMILES string of the molecule is c1ccc2c(c1)-c1cccc3c1c-2c(-n1c2ccccc2c2cc(-c4ccc5c(c4)c4ccccc4n5-c4c5c6c(cccc6c6ccccc46)-c4ccccc4-5)ccc21)c1ccccc13.c1ccc2c(c1)cc1c3c(cccc32)-c2cc(-n3c4ccccc4c4cc(-c5ccc6c(c5)c5ccccc5n6-c5ccc6c(c5)-c5cc7ccccc7c7cccc-6c57)ccc43)ccc2-1. The summed E-state index contributed by atoms with van der Waals surface area (Å²) in [6, 6.07) is 164. The molecule has 0 spiro atoms. The van der Waals surface area contributed by atoms with E-state index in [-0.39, 0.29) is 0 Å². The number of benzene rings is 24. The molecule has 32 rings (SSSR count). The third kappa shape index (κ3) is 9.37. The molecule has 0 saturated carbocycles. The number of para-hydroxylation sites is 4. The highest BCUT2D eigenvalue weighted by molar-refractivity contribution is 6.32. The highest BCUT2D eigenvalue weighted by atomic mass is 15.0. The van der Waals surface area contributed by atoms with Crippen molar-refractivity contribution in [3.8, 4) is 134 Å². The quantitative estimate of drug-likeness (QED) is 0.148. The van der Waals surface area contributed by atoms with Crippen molar-refractivity contribution in [1.29, 1.82) is 0 Å². The molecule has 24 aromatic carbocycles. The maximum absolute atomic E-state index is 2.56. The smallest absolute Gasteiger partial charge is 0.0625 e. The molecule has 0 aliphatic heterocycles. The fourth-order valence-electron chi connectivity index (χ4n) is 24.9. The van der Waals surface area contributed by atoms with Gasteiger partial charge in [-0.1, -0.05) is 328 Å². The summed E-state index contributed by atoms with van der Waals surface area (Å²) in [6.45, 7) is 0. The van der Waals surface area contributed by atoms with E-state index in [9.17, 15) is 0 Å². The van der Waals surface area contributed by atoms with Gasteiger partial charge in [-0.05, 0) is 274 Å². The molecule has 0 N–H and O–H groups in total. The van der Waals surface area contributed by atoms with Crippen LogP contribution in [0.2, 0.25) is 0 Å². The molecule has 28 aromatic rings. The topological polar surface area (TPSA) is 19.7 Å². The Morgan fingerprint density at radius 1 is 0.121 bits per heavy atom. The molecule has 4 aromatic heterocycles. The van der Waals surface area contributed by atoms with Gasteiger partial charge in [0, 0.05) is 87.1 Å². The molecule has 0 amide bonds. The minimum absolute atomic E-state index is 1.18. The summed E-state index contributed by atoms with van der Waals surface area (Å²) >= 11 is 0. The molecule has 132 heavy (non-hydrogen) atoms. The molecule has 4 aliphatic carbocycles. The van der Waals surface area contributed by atoms with E-state index >= 15 is 0 Å². The lowest BCUT2D eigenvalue weighted by Crippen LogP contribution is -1.99. The second-order valence-electron chi connectivity index (χ2n) is 36.6. The van der Waals surface area contributed by atoms with Crippen molar-refractivity contribution in [1.82, 2.24) is 18.3 Å². The first kappa shape index (κ1) is 70.7. The molecule has 0 bridgehead atoms. The lowest BCUT2D eigenvalue weighted by Gasteiger charge is -2.19. The van der Waals surface area contributed by atoms with E-state index in [2.05, 4.69) is 455 Å². The molecule has 4 nitrogen and oxygen atoms in total. The largest absolute Gasteiger partial charge is 0.309 e. The number of fused-ring (bicyclic) bond motifs is 32. The minimum Gasteiger partial charge on any atom is -0.309 e. The number of hydrogen-bond donors (Lipinski definition) is 0. The zero-order valence-electron chi connectivity index (χ0n) is 71.4. The van der Waals surface area contributed by atoms with Crippen LogP contribution in [0.3, 0.4) is 0 Å². The summed E-state index contributed by atoms with van der Waals surface area (Å²) in [4.78, 5) is 0. The van der Waals surface area contributed by atoms with Crippen molar-refractivity contribution in [3.63, 3.8) is 0 Å². The van der Waals surface area contributed by atoms with Gasteiger partial charge in [0.05, 0.1) is 55.5 Å². The average molecular weight is 1670 g/mol. The fraction of sp³-hybridized carbons (Fsp3) is 0. The van der Waals surface area contributed by atoms with Crippen LogP contribution in [0, 0.1) is 0 Å². The van der Waals surface area contributed by atoms with Crippen molar-refractivity contribution in [2.24, 2.45) is 0 Å². The molecular formula is C128H72N4. The van der Waals surface area contributed by atoms with Gasteiger partial charge in [0.25, 0.3) is 0 Å². The summed E-state index contributed by atoms with van der Waals surface area (Å²) < 4.78 is 10.0. The molecule has 0 saturated heterocycles. The van der Waals surface area contributed by atoms with E-state index in [0.29, 0.717) is 0 Å². The third-order valence-electron chi connectivity index (χ3n) is 30.3. The molecule has 0 unspecified atom stereocenters. The summed E-state index contributed by atoms with van der Waals surface area (Å²) in [6.07, 6.45) is 0. The number of hydrogen-bond acceptors (Lipinski definition) is 0. The molecule has 604 valence electrons. The maximum atomic E-state index is 2.56. The van der Waals surface area contributed by atoms with Crippen LogP contribution in [0.25, 0.3) is 307 Å². The molecule has 0 atom stereocenters. The van der Waals surface area contributed by atoms with Crippen LogP contribution in [-0.2, 0) is 0 Å². The summed E-state index contributed by atoms with van der Waals surface area (Å²) in [7, 11) is 0. The third-order valence-corrected chi connectivity index (χ3v) is 30.3. The van der Waals surface area contributed by atoms with Crippen molar-refractivity contribution in [2.45, 2.75) is 0 Å². The molecule has 4 heteroatoms. The van der Waals surface area contributed by atoms with E-state index in [0.717, 1.165) is 0 Å². The van der Waals surface area contributed by atoms with Crippen LogP contribution in [0.15, 0.2) is 437 Å². The van der Waals surface area contributed by atoms with Gasteiger partial charge in [-0.25, -0.2) is 0 Å². The fourth-order valence-corrected chi connectivity index (χ4v) is 24.9. The maximum Gasteiger partial charge on any atom is 0.0625 e. The summed E-state index contributed by atoms with van der Waals surface area (Å²) in [5, 5.41) is 31.0. The van der Waals surface area contributed by atoms with Gasteiger partial charge in [-0.15, -0.1) is 0 Å². The van der Waals surface area contributed by atoms with Crippen molar-refractivity contribution in [2.75, 3.05) is 0 Å². The van der Waals surface area contributed by atoms with Gasteiger partial charge < -0.3 is 18.3 Å². The zero-order chi connectivity index (χ0) is 85.6. The number of aromatic nitrogens is 4. The molecular weight excluding hydrogens is 1590 g/mol. The first-order valence-electron chi connectivity index (χ1n) is 46.0. The van der Waals surface area contributed by atoms with Gasteiger partial charge >= 0.3 is 0 Å². The Morgan fingerprint density at radius 3 is 0.780 bits per heavy atom. The highest BCUT2D eigenvalue weighted by Crippen LogP contribution is 2.59. The summed E-state index contributed by atoms with van der Waals surface area (Å²) in [5.74, 6) is 0. The predicted octanol–water partition coefficient (Wildman–Crippen LogP) is 34.9. The first-order chi connectivity index (χ1) is 65.5. The van der Waals surface area contributed by atoms with Crippen LogP contribution in [0.5, 0.6) is 0 Å². The van der Waals surface area contributed by atoms with Crippen molar-refractivity contribution in [3.05, 3.63) is 437 Å². The lowest BCUT2D eigenvalue weighted by atomic mass is 9.94. The molecule has 4 heterocycles. The van der Waals surface area contributed by atoms with E-state index < -0.39 is 0 Å². The monoisotopic (exact) mass is 1660 g/mol. The Balaban J connectivity index is 0.000000124. The average Bonchev–Trinajstić information content (AvgIpc) is 1.53. The van der Waals surface area contributed by atoms with Gasteiger partial charge in [0.1, 0.15) is 0 Å². The lowest BCUT2D eigenvalue weighted by molar-refractivity contribution is 1.18. The van der Waals surface area contributed by atoms with E-state index in [1.807, 2.05) is 0 Å². The standard InChI is InChI=1S/2C64H36N2/c1-5-21-49-39(15-1)45-25-13-27-47-41-17-3-7-23-51(41)63(61(49)59(45)47)65-55-29-11-9-19-43(55)53-35-37(31-33-57(53)65)38-32-34-58-54(36-38)44-20-10-12-30-56(44)66(58)64-52-24-8-4-18-42(52)48-28-14-26-46-40-16-2-6-22-50(40)62(64)60(46)48;1-3-13-43-39(11-1)33-57-46-28-26-41(35-53(46)52-20-10-18-50(43)64(52)57)65-59-21-7-5-15-47(59)55-31-37(23-29-61(55)65)38-24-30-62-56(32-38)48-16-6-8-22-60(48)66(62)42-25-27-45-51-19-9-17-49-44-14-4-2-12-40(44)34-58(63(49)51)54(45)36-42/h2*1-36H. The normalized spacial score (nSPS) is 12.5. The predicted molar refractivity (Wildman–Crippen MR) is 559 cm³/mol. The van der Waals surface area contributed by atoms with Crippen LogP contribution >= 0.6 is 0 Å². The number of nitrogens with zero attached hydrogens (tertiary/aromatic N) is 4. The Labute approximate surface area is 757 Å². The van der Waals surface area contributed by atoms with Crippen molar-refractivity contribution < 1.29 is 0 Å². The van der Waals surface area contributed by atoms with Crippen LogP contribution < -0.4 is 0 Å². The van der Waals surface area contributed by atoms with Crippen LogP contribution in [0.4, 0.5) is 0 Å². The molecule has 0 radical (unpaired) electrons. The number of rotatable bonds is 6. The minimum atomic E-state index is 1.18. The zero-order valence-corrected chi connectivity index (χ0v) is 71.4. The Morgan fingerprint density at radius 2 is 0.379 bits per heavy atom. The Kier molecular flexibility index (Phi) is 14.0. The summed E-state index contributed by atoms with van der Waals surface area (Å²) in [5.41, 5.74) is 40.4. The second-order valence-corrected chi connectivity index (χ2v) is 36.6. The van der Waals surface area contributed by atoms with Crippen LogP contribution in [-0.4, -0.2) is 18.3 Å². The van der Waals surface area contributed by atoms with Gasteiger partial charge in [0.15, 0.2) is 0 Å². The second kappa shape index (κ2) is 26.2. The van der Waals surface area contributed by atoms with E-state index in [1.54, 1.807) is 0 Å². The first-order valence-corrected chi connectivity index (χ1v) is 46.0. The van der Waals surface area contributed by atoms with Gasteiger partial charge in [-0.2, -0.15) is 0 Å². The van der Waals surface area contributed by atoms with E-state index in [1.165, 1.54) is 307 Å². The van der Waals surface area contributed by atoms with E-state index in [4.69, 9.17) is 0 Å². The Hall–Kier alpha value is -17.4.